The van der Waals surface area contributed by atoms with Crippen molar-refractivity contribution in [2.75, 3.05) is 18.6 Å². The number of nitrogens with one attached hydrogen (secondary N) is 1. The Morgan fingerprint density at radius 1 is 1.33 bits per heavy atom. The van der Waals surface area contributed by atoms with E-state index in [0.717, 1.165) is 17.5 Å². The first-order valence-corrected chi connectivity index (χ1v) is 7.33. The molecule has 0 aliphatic heterocycles. The van der Waals surface area contributed by atoms with E-state index in [2.05, 4.69) is 15.5 Å². The van der Waals surface area contributed by atoms with Crippen LogP contribution in [0.4, 0.5) is 5.69 Å². The Bertz CT molecular complexity index is 649. The lowest BCUT2D eigenvalue weighted by Crippen LogP contribution is -2.02. The normalized spacial score (nSPS) is 11.4. The number of anilines is 1. The van der Waals surface area contributed by atoms with E-state index in [0.29, 0.717) is 5.89 Å². The lowest BCUT2D eigenvalue weighted by molar-refractivity contribution is 0.424. The molecular formula is C11H13N3O3S. The molecule has 0 radical (unpaired) electrons. The summed E-state index contributed by atoms with van der Waals surface area (Å²) in [6.07, 6.45) is 1.13. The van der Waals surface area contributed by atoms with Gasteiger partial charge in [-0.15, -0.1) is 0 Å². The zero-order valence-corrected chi connectivity index (χ0v) is 10.9. The van der Waals surface area contributed by atoms with Gasteiger partial charge in [0.05, 0.1) is 5.56 Å². The Labute approximate surface area is 105 Å². The van der Waals surface area contributed by atoms with Gasteiger partial charge in [-0.3, -0.25) is 0 Å². The molecule has 0 amide bonds. The first kappa shape index (κ1) is 12.6. The molecule has 1 N–H and O–H groups in total. The van der Waals surface area contributed by atoms with Gasteiger partial charge in [-0.1, -0.05) is 17.3 Å². The zero-order valence-electron chi connectivity index (χ0n) is 10.0. The molecule has 0 saturated carbocycles. The molecule has 0 saturated heterocycles. The summed E-state index contributed by atoms with van der Waals surface area (Å²) >= 11 is 0. The molecule has 1 aromatic heterocycles. The number of hydrogen-bond donors (Lipinski definition) is 1. The molecule has 6 nitrogen and oxygen atoms in total. The SMILES string of the molecule is CNc1ccccc1-c1nc(CS(C)(=O)=O)no1. The Balaban J connectivity index is 2.35. The molecule has 7 heteroatoms. The van der Waals surface area contributed by atoms with Gasteiger partial charge in [0.25, 0.3) is 5.89 Å². The predicted molar refractivity (Wildman–Crippen MR) is 67.8 cm³/mol. The average Bonchev–Trinajstić information content (AvgIpc) is 2.75. The summed E-state index contributed by atoms with van der Waals surface area (Å²) in [6, 6.07) is 7.42. The predicted octanol–water partition coefficient (Wildman–Crippen LogP) is 1.32. The maximum atomic E-state index is 11.1. The van der Waals surface area contributed by atoms with E-state index in [1.54, 1.807) is 7.05 Å². The number of benzene rings is 1. The van der Waals surface area contributed by atoms with Gasteiger partial charge in [0, 0.05) is 19.0 Å². The van der Waals surface area contributed by atoms with Crippen LogP contribution in [0.15, 0.2) is 28.8 Å². The van der Waals surface area contributed by atoms with Crippen molar-refractivity contribution in [2.45, 2.75) is 5.75 Å². The van der Waals surface area contributed by atoms with Crippen LogP contribution in [0.2, 0.25) is 0 Å². The Hall–Kier alpha value is -1.89. The van der Waals surface area contributed by atoms with Crippen LogP contribution in [0.3, 0.4) is 0 Å². The van der Waals surface area contributed by atoms with Gasteiger partial charge in [-0.2, -0.15) is 4.98 Å². The maximum absolute atomic E-state index is 11.1. The van der Waals surface area contributed by atoms with E-state index < -0.39 is 9.84 Å². The minimum absolute atomic E-state index is 0.165. The fourth-order valence-corrected chi connectivity index (χ4v) is 2.13. The molecule has 0 unspecified atom stereocenters. The van der Waals surface area contributed by atoms with E-state index >= 15 is 0 Å². The molecule has 0 fully saturated rings. The second kappa shape index (κ2) is 4.77. The van der Waals surface area contributed by atoms with Crippen molar-refractivity contribution in [3.8, 4) is 11.5 Å². The van der Waals surface area contributed by atoms with Crippen LogP contribution in [0.5, 0.6) is 0 Å². The molecule has 0 bridgehead atoms. The summed E-state index contributed by atoms with van der Waals surface area (Å²) in [4.78, 5) is 4.08. The smallest absolute Gasteiger partial charge is 0.260 e. The van der Waals surface area contributed by atoms with E-state index in [1.807, 2.05) is 24.3 Å². The number of sulfone groups is 1. The minimum atomic E-state index is -3.16. The highest BCUT2D eigenvalue weighted by Gasteiger charge is 2.15. The molecule has 0 aliphatic rings. The van der Waals surface area contributed by atoms with Crippen molar-refractivity contribution in [3.63, 3.8) is 0 Å². The molecule has 1 heterocycles. The van der Waals surface area contributed by atoms with Crippen molar-refractivity contribution in [3.05, 3.63) is 30.1 Å². The molecule has 2 rings (SSSR count). The first-order valence-electron chi connectivity index (χ1n) is 5.27. The van der Waals surface area contributed by atoms with Gasteiger partial charge < -0.3 is 9.84 Å². The number of para-hydroxylation sites is 1. The van der Waals surface area contributed by atoms with Crippen LogP contribution >= 0.6 is 0 Å². The number of rotatable bonds is 4. The second-order valence-corrected chi connectivity index (χ2v) is 6.02. The Morgan fingerprint density at radius 2 is 2.06 bits per heavy atom. The lowest BCUT2D eigenvalue weighted by Gasteiger charge is -2.03. The summed E-state index contributed by atoms with van der Waals surface area (Å²) in [5, 5.41) is 6.67. The monoisotopic (exact) mass is 267 g/mol. The molecule has 0 atom stereocenters. The molecule has 96 valence electrons. The quantitative estimate of drug-likeness (QED) is 0.899. The average molecular weight is 267 g/mol. The Morgan fingerprint density at radius 3 is 2.72 bits per heavy atom. The van der Waals surface area contributed by atoms with E-state index in [4.69, 9.17) is 4.52 Å². The third-order valence-electron chi connectivity index (χ3n) is 2.29. The third-order valence-corrected chi connectivity index (χ3v) is 3.07. The molecule has 2 aromatic rings. The van der Waals surface area contributed by atoms with Gasteiger partial charge in [0.1, 0.15) is 5.75 Å². The minimum Gasteiger partial charge on any atom is -0.387 e. The van der Waals surface area contributed by atoms with Crippen molar-refractivity contribution in [1.82, 2.24) is 10.1 Å². The van der Waals surface area contributed by atoms with Gasteiger partial charge in [-0.05, 0) is 12.1 Å². The Kier molecular flexibility index (Phi) is 3.33. The van der Waals surface area contributed by atoms with E-state index in [1.165, 1.54) is 0 Å². The van der Waals surface area contributed by atoms with Crippen molar-refractivity contribution in [1.29, 1.82) is 0 Å². The highest BCUT2D eigenvalue weighted by atomic mass is 32.2. The van der Waals surface area contributed by atoms with Crippen LogP contribution in [0, 0.1) is 0 Å². The van der Waals surface area contributed by atoms with Crippen LogP contribution in [0.25, 0.3) is 11.5 Å². The fourth-order valence-electron chi connectivity index (χ4n) is 1.54. The van der Waals surface area contributed by atoms with Gasteiger partial charge >= 0.3 is 0 Å². The third kappa shape index (κ3) is 2.86. The van der Waals surface area contributed by atoms with Gasteiger partial charge in [-0.25, -0.2) is 8.42 Å². The molecule has 0 aliphatic carbocycles. The standard InChI is InChI=1S/C11H13N3O3S/c1-12-9-6-4-3-5-8(9)11-13-10(14-17-11)7-18(2,15)16/h3-6,12H,7H2,1-2H3. The number of hydrogen-bond acceptors (Lipinski definition) is 6. The fraction of sp³-hybridized carbons (Fsp3) is 0.273. The number of nitrogens with zero attached hydrogens (tertiary/aromatic N) is 2. The highest BCUT2D eigenvalue weighted by molar-refractivity contribution is 7.89. The van der Waals surface area contributed by atoms with Gasteiger partial charge in [0.2, 0.25) is 0 Å². The number of aromatic nitrogens is 2. The zero-order chi connectivity index (χ0) is 13.2. The van der Waals surface area contributed by atoms with Crippen LogP contribution < -0.4 is 5.32 Å². The maximum Gasteiger partial charge on any atom is 0.260 e. The van der Waals surface area contributed by atoms with Crippen LogP contribution in [0.1, 0.15) is 5.82 Å². The second-order valence-electron chi connectivity index (χ2n) is 3.88. The van der Waals surface area contributed by atoms with Crippen molar-refractivity contribution < 1.29 is 12.9 Å². The van der Waals surface area contributed by atoms with Gasteiger partial charge in [0.15, 0.2) is 15.7 Å². The summed E-state index contributed by atoms with van der Waals surface area (Å²) < 4.78 is 27.3. The van der Waals surface area contributed by atoms with Crippen molar-refractivity contribution in [2.24, 2.45) is 0 Å². The summed E-state index contributed by atoms with van der Waals surface area (Å²) in [6.45, 7) is 0. The lowest BCUT2D eigenvalue weighted by atomic mass is 10.2. The largest absolute Gasteiger partial charge is 0.387 e. The summed E-state index contributed by atoms with van der Waals surface area (Å²) in [7, 11) is -1.38. The molecule has 1 aromatic carbocycles. The first-order chi connectivity index (χ1) is 8.49. The molecule has 0 spiro atoms. The van der Waals surface area contributed by atoms with Crippen LogP contribution in [-0.4, -0.2) is 31.9 Å². The van der Waals surface area contributed by atoms with E-state index in [9.17, 15) is 8.42 Å². The summed E-state index contributed by atoms with van der Waals surface area (Å²) in [5.74, 6) is 0.245. The molecule has 18 heavy (non-hydrogen) atoms. The van der Waals surface area contributed by atoms with Crippen LogP contribution in [-0.2, 0) is 15.6 Å². The van der Waals surface area contributed by atoms with Crippen molar-refractivity contribution >= 4 is 15.5 Å². The molecular weight excluding hydrogens is 254 g/mol. The topological polar surface area (TPSA) is 85.1 Å². The van der Waals surface area contributed by atoms with E-state index in [-0.39, 0.29) is 11.6 Å². The highest BCUT2D eigenvalue weighted by Crippen LogP contribution is 2.25. The summed E-state index contributed by atoms with van der Waals surface area (Å²) in [5.41, 5.74) is 1.58.